The quantitative estimate of drug-likeness (QED) is 0.296. The number of halogens is 1. The van der Waals surface area contributed by atoms with Crippen LogP contribution in [-0.4, -0.2) is 26.0 Å². The Bertz CT molecular complexity index is 697. The van der Waals surface area contributed by atoms with Crippen molar-refractivity contribution in [2.45, 2.75) is 31.0 Å². The van der Waals surface area contributed by atoms with Crippen LogP contribution in [0.15, 0.2) is 27.6 Å². The lowest BCUT2D eigenvalue weighted by Crippen LogP contribution is -2.14. The summed E-state index contributed by atoms with van der Waals surface area (Å²) >= 11 is 7.47. The summed E-state index contributed by atoms with van der Waals surface area (Å²) in [5, 5.41) is 13.1. The molecule has 0 unspecified atom stereocenters. The molecule has 0 spiro atoms. The van der Waals surface area contributed by atoms with E-state index in [1.807, 2.05) is 20.8 Å². The Morgan fingerprint density at radius 2 is 1.90 bits per heavy atom. The monoisotopic (exact) mass is 323 g/mol. The molecule has 0 bridgehead atoms. The number of pyridine rings is 1. The van der Waals surface area contributed by atoms with Crippen molar-refractivity contribution in [1.82, 2.24) is 15.0 Å². The molecule has 0 aliphatic rings. The first-order chi connectivity index (χ1) is 9.93. The van der Waals surface area contributed by atoms with Crippen molar-refractivity contribution in [2.24, 2.45) is 10.9 Å². The average molecular weight is 324 g/mol. The lowest BCUT2D eigenvalue weighted by atomic mass is 10.2. The van der Waals surface area contributed by atoms with Crippen LogP contribution in [0.4, 0.5) is 0 Å². The van der Waals surface area contributed by atoms with Gasteiger partial charge in [-0.15, -0.1) is 0 Å². The zero-order valence-electron chi connectivity index (χ0n) is 11.8. The van der Waals surface area contributed by atoms with Crippen LogP contribution in [0.5, 0.6) is 0 Å². The van der Waals surface area contributed by atoms with Crippen molar-refractivity contribution in [3.8, 4) is 0 Å². The molecule has 0 saturated heterocycles. The van der Waals surface area contributed by atoms with Gasteiger partial charge in [-0.25, -0.2) is 15.0 Å². The van der Waals surface area contributed by atoms with Gasteiger partial charge >= 0.3 is 0 Å². The number of nitrogens with two attached hydrogens (primary N) is 1. The van der Waals surface area contributed by atoms with E-state index in [4.69, 9.17) is 22.5 Å². The minimum atomic E-state index is -0.0681. The third kappa shape index (κ3) is 3.25. The first-order valence-corrected chi connectivity index (χ1v) is 7.25. The fourth-order valence-electron chi connectivity index (χ4n) is 1.62. The van der Waals surface area contributed by atoms with Gasteiger partial charge in [-0.1, -0.05) is 16.8 Å². The SMILES string of the molecule is Cc1nc(Sc2nccc(/C(N)=N/O)c2Cl)nc(C)c1C. The summed E-state index contributed by atoms with van der Waals surface area (Å²) in [5.74, 6) is -0.0681. The van der Waals surface area contributed by atoms with Crippen LogP contribution >= 0.6 is 23.4 Å². The summed E-state index contributed by atoms with van der Waals surface area (Å²) in [6, 6.07) is 1.58. The number of aromatic nitrogens is 3. The van der Waals surface area contributed by atoms with E-state index < -0.39 is 0 Å². The number of rotatable bonds is 3. The number of hydrogen-bond donors (Lipinski definition) is 2. The second-order valence-electron chi connectivity index (χ2n) is 4.37. The summed E-state index contributed by atoms with van der Waals surface area (Å²) in [5.41, 5.74) is 8.87. The summed E-state index contributed by atoms with van der Waals surface area (Å²) in [6.45, 7) is 5.83. The van der Waals surface area contributed by atoms with Crippen LogP contribution in [-0.2, 0) is 0 Å². The molecule has 0 radical (unpaired) electrons. The largest absolute Gasteiger partial charge is 0.409 e. The molecule has 0 atom stereocenters. The fraction of sp³-hybridized carbons (Fsp3) is 0.231. The summed E-state index contributed by atoms with van der Waals surface area (Å²) < 4.78 is 0. The van der Waals surface area contributed by atoms with Crippen molar-refractivity contribution in [1.29, 1.82) is 0 Å². The zero-order chi connectivity index (χ0) is 15.6. The maximum Gasteiger partial charge on any atom is 0.194 e. The minimum Gasteiger partial charge on any atom is -0.409 e. The highest BCUT2D eigenvalue weighted by Crippen LogP contribution is 2.32. The highest BCUT2D eigenvalue weighted by Gasteiger charge is 2.14. The van der Waals surface area contributed by atoms with Crippen LogP contribution in [0.3, 0.4) is 0 Å². The Hall–Kier alpha value is -1.86. The maximum atomic E-state index is 8.75. The molecule has 0 aliphatic heterocycles. The summed E-state index contributed by atoms with van der Waals surface area (Å²) in [7, 11) is 0. The minimum absolute atomic E-state index is 0.0681. The van der Waals surface area contributed by atoms with E-state index in [0.29, 0.717) is 20.8 Å². The van der Waals surface area contributed by atoms with Gasteiger partial charge in [0.1, 0.15) is 5.03 Å². The lowest BCUT2D eigenvalue weighted by molar-refractivity contribution is 0.318. The van der Waals surface area contributed by atoms with E-state index in [2.05, 4.69) is 20.1 Å². The number of nitrogens with zero attached hydrogens (tertiary/aromatic N) is 4. The van der Waals surface area contributed by atoms with Crippen LogP contribution in [0.1, 0.15) is 22.5 Å². The summed E-state index contributed by atoms with van der Waals surface area (Å²) in [6.07, 6.45) is 1.54. The molecule has 8 heteroatoms. The average Bonchev–Trinajstić information content (AvgIpc) is 2.46. The van der Waals surface area contributed by atoms with E-state index >= 15 is 0 Å². The van der Waals surface area contributed by atoms with Gasteiger partial charge in [0.25, 0.3) is 0 Å². The molecule has 2 heterocycles. The van der Waals surface area contributed by atoms with Gasteiger partial charge < -0.3 is 10.9 Å². The molecule has 0 aliphatic carbocycles. The van der Waals surface area contributed by atoms with Crippen molar-refractivity contribution in [3.05, 3.63) is 39.8 Å². The molecule has 21 heavy (non-hydrogen) atoms. The van der Waals surface area contributed by atoms with Gasteiger partial charge in [0.05, 0.1) is 5.02 Å². The first-order valence-electron chi connectivity index (χ1n) is 6.06. The van der Waals surface area contributed by atoms with Gasteiger partial charge in [-0.3, -0.25) is 0 Å². The predicted octanol–water partition coefficient (Wildman–Crippen LogP) is 2.70. The Morgan fingerprint density at radius 1 is 1.29 bits per heavy atom. The molecule has 0 amide bonds. The van der Waals surface area contributed by atoms with E-state index in [1.165, 1.54) is 18.0 Å². The molecule has 110 valence electrons. The molecule has 6 nitrogen and oxygen atoms in total. The van der Waals surface area contributed by atoms with Gasteiger partial charge in [0, 0.05) is 23.1 Å². The molecular weight excluding hydrogens is 310 g/mol. The molecular formula is C13H14ClN5OS. The third-order valence-corrected chi connectivity index (χ3v) is 4.40. The van der Waals surface area contributed by atoms with Crippen molar-refractivity contribution in [2.75, 3.05) is 0 Å². The highest BCUT2D eigenvalue weighted by atomic mass is 35.5. The second kappa shape index (κ2) is 6.28. The zero-order valence-corrected chi connectivity index (χ0v) is 13.3. The van der Waals surface area contributed by atoms with Crippen LogP contribution in [0.2, 0.25) is 5.02 Å². The van der Waals surface area contributed by atoms with Crippen LogP contribution < -0.4 is 5.73 Å². The molecule has 3 N–H and O–H groups in total. The van der Waals surface area contributed by atoms with Crippen LogP contribution in [0, 0.1) is 20.8 Å². The van der Waals surface area contributed by atoms with Crippen LogP contribution in [0.25, 0.3) is 0 Å². The number of oxime groups is 1. The second-order valence-corrected chi connectivity index (χ2v) is 5.70. The van der Waals surface area contributed by atoms with Gasteiger partial charge in [0.15, 0.2) is 11.0 Å². The molecule has 2 aromatic rings. The maximum absolute atomic E-state index is 8.75. The smallest absolute Gasteiger partial charge is 0.194 e. The molecule has 0 aromatic carbocycles. The number of aryl methyl sites for hydroxylation is 2. The topological polar surface area (TPSA) is 97.3 Å². The predicted molar refractivity (Wildman–Crippen MR) is 82.1 cm³/mol. The van der Waals surface area contributed by atoms with E-state index in [-0.39, 0.29) is 5.84 Å². The Morgan fingerprint density at radius 3 is 2.48 bits per heavy atom. The van der Waals surface area contributed by atoms with Gasteiger partial charge in [-0.05, 0) is 44.2 Å². The fourth-order valence-corrected chi connectivity index (χ4v) is 2.80. The Kier molecular flexibility index (Phi) is 4.64. The van der Waals surface area contributed by atoms with E-state index in [1.54, 1.807) is 6.07 Å². The Balaban J connectivity index is 2.41. The third-order valence-electron chi connectivity index (χ3n) is 3.04. The van der Waals surface area contributed by atoms with Gasteiger partial charge in [0.2, 0.25) is 0 Å². The number of amidine groups is 1. The normalized spacial score (nSPS) is 11.7. The van der Waals surface area contributed by atoms with Crippen molar-refractivity contribution in [3.63, 3.8) is 0 Å². The van der Waals surface area contributed by atoms with Gasteiger partial charge in [-0.2, -0.15) is 0 Å². The molecule has 2 aromatic heterocycles. The highest BCUT2D eigenvalue weighted by molar-refractivity contribution is 7.99. The molecule has 2 rings (SSSR count). The number of hydrogen-bond acceptors (Lipinski definition) is 6. The standard InChI is InChI=1S/C13H14ClN5OS/c1-6-7(2)17-13(18-8(6)3)21-12-10(14)9(4-5-16-12)11(15)19-20/h4-5,20H,1-3H3,(H2,15,19). The van der Waals surface area contributed by atoms with Crippen molar-refractivity contribution < 1.29 is 5.21 Å². The molecule has 0 fully saturated rings. The lowest BCUT2D eigenvalue weighted by Gasteiger charge is -2.08. The molecule has 0 saturated carbocycles. The Labute approximate surface area is 131 Å². The first kappa shape index (κ1) is 15.5. The van der Waals surface area contributed by atoms with E-state index in [0.717, 1.165) is 17.0 Å². The van der Waals surface area contributed by atoms with Crippen molar-refractivity contribution >= 4 is 29.2 Å². The van der Waals surface area contributed by atoms with E-state index in [9.17, 15) is 0 Å². The summed E-state index contributed by atoms with van der Waals surface area (Å²) in [4.78, 5) is 13.0.